The molecule has 3 rings (SSSR count). The van der Waals surface area contributed by atoms with Crippen LogP contribution in [0.25, 0.3) is 5.65 Å². The average Bonchev–Trinajstić information content (AvgIpc) is 2.82. The third-order valence-corrected chi connectivity index (χ3v) is 4.14. The number of fused-ring (bicyclic) bond motifs is 1. The number of benzene rings is 1. The van der Waals surface area contributed by atoms with Gasteiger partial charge in [0.2, 0.25) is 0 Å². The van der Waals surface area contributed by atoms with Gasteiger partial charge in [0.25, 0.3) is 0 Å². The van der Waals surface area contributed by atoms with Crippen molar-refractivity contribution in [1.29, 1.82) is 0 Å². The molecule has 2 aromatic heterocycles. The van der Waals surface area contributed by atoms with Gasteiger partial charge in [-0.3, -0.25) is 0 Å². The molecule has 2 heterocycles. The Balaban J connectivity index is 1.88. The van der Waals surface area contributed by atoms with Gasteiger partial charge in [-0.05, 0) is 47.1 Å². The van der Waals surface area contributed by atoms with E-state index in [9.17, 15) is 0 Å². The van der Waals surface area contributed by atoms with E-state index < -0.39 is 0 Å². The number of pyridine rings is 1. The van der Waals surface area contributed by atoms with Crippen molar-refractivity contribution >= 4 is 27.3 Å². The molecular weight excluding hydrogens is 330 g/mol. The fraction of sp³-hybridized carbons (Fsp3) is 0.188. The van der Waals surface area contributed by atoms with Crippen LogP contribution < -0.4 is 10.1 Å². The lowest BCUT2D eigenvalue weighted by atomic mass is 10.2. The Morgan fingerprint density at radius 3 is 2.95 bits per heavy atom. The summed E-state index contributed by atoms with van der Waals surface area (Å²) in [5.74, 6) is 0.829. The minimum Gasteiger partial charge on any atom is -0.497 e. The molecule has 0 atom stereocenters. The summed E-state index contributed by atoms with van der Waals surface area (Å²) in [5.41, 5.74) is 4.16. The molecule has 5 heteroatoms. The Morgan fingerprint density at radius 2 is 2.14 bits per heavy atom. The van der Waals surface area contributed by atoms with E-state index in [1.165, 1.54) is 0 Å². The number of rotatable bonds is 4. The number of anilines is 1. The summed E-state index contributed by atoms with van der Waals surface area (Å²) in [6.07, 6.45) is 2.03. The van der Waals surface area contributed by atoms with Gasteiger partial charge < -0.3 is 14.5 Å². The van der Waals surface area contributed by atoms with Crippen molar-refractivity contribution in [2.45, 2.75) is 13.5 Å². The maximum Gasteiger partial charge on any atom is 0.137 e. The highest BCUT2D eigenvalue weighted by Gasteiger charge is 2.09. The number of ether oxygens (including phenoxy) is 1. The molecule has 21 heavy (non-hydrogen) atoms. The summed E-state index contributed by atoms with van der Waals surface area (Å²) in [5, 5.41) is 3.44. The molecule has 1 N–H and O–H groups in total. The van der Waals surface area contributed by atoms with Gasteiger partial charge in [0.1, 0.15) is 11.4 Å². The molecule has 0 saturated carbocycles. The molecule has 0 aliphatic rings. The monoisotopic (exact) mass is 345 g/mol. The number of methoxy groups -OCH3 is 1. The summed E-state index contributed by atoms with van der Waals surface area (Å²) in [7, 11) is 1.67. The zero-order chi connectivity index (χ0) is 14.8. The first kappa shape index (κ1) is 13.9. The van der Waals surface area contributed by atoms with E-state index in [-0.39, 0.29) is 0 Å². The lowest BCUT2D eigenvalue weighted by Crippen LogP contribution is -2.04. The van der Waals surface area contributed by atoms with Crippen LogP contribution in [0, 0.1) is 6.92 Å². The Labute approximate surface area is 131 Å². The normalized spacial score (nSPS) is 10.8. The number of hydrogen-bond donors (Lipinski definition) is 1. The summed E-state index contributed by atoms with van der Waals surface area (Å²) < 4.78 is 8.38. The topological polar surface area (TPSA) is 38.6 Å². The van der Waals surface area contributed by atoms with Crippen LogP contribution in [0.2, 0.25) is 0 Å². The van der Waals surface area contributed by atoms with E-state index in [1.807, 2.05) is 49.5 Å². The number of nitrogens with zero attached hydrogens (tertiary/aromatic N) is 2. The van der Waals surface area contributed by atoms with Gasteiger partial charge in [-0.2, -0.15) is 0 Å². The van der Waals surface area contributed by atoms with Gasteiger partial charge >= 0.3 is 0 Å². The second-order valence-electron chi connectivity index (χ2n) is 4.77. The first-order valence-electron chi connectivity index (χ1n) is 6.69. The third kappa shape index (κ3) is 2.74. The highest BCUT2D eigenvalue weighted by atomic mass is 79.9. The molecule has 0 spiro atoms. The van der Waals surface area contributed by atoms with Gasteiger partial charge in [0.15, 0.2) is 0 Å². The van der Waals surface area contributed by atoms with E-state index in [0.717, 1.165) is 32.9 Å². The predicted molar refractivity (Wildman–Crippen MR) is 87.9 cm³/mol. The van der Waals surface area contributed by atoms with Crippen LogP contribution in [-0.2, 0) is 6.54 Å². The van der Waals surface area contributed by atoms with Crippen molar-refractivity contribution in [3.63, 3.8) is 0 Å². The van der Waals surface area contributed by atoms with E-state index in [0.29, 0.717) is 6.54 Å². The molecular formula is C16H16BrN3O. The van der Waals surface area contributed by atoms with Gasteiger partial charge in [-0.15, -0.1) is 0 Å². The van der Waals surface area contributed by atoms with Crippen LogP contribution in [0.4, 0.5) is 5.69 Å². The minimum absolute atomic E-state index is 0.697. The molecule has 0 saturated heterocycles. The number of hydrogen-bond acceptors (Lipinski definition) is 3. The number of imidazole rings is 1. The summed E-state index contributed by atoms with van der Waals surface area (Å²) in [6.45, 7) is 2.73. The van der Waals surface area contributed by atoms with Gasteiger partial charge in [0.05, 0.1) is 30.7 Å². The Kier molecular flexibility index (Phi) is 3.84. The average molecular weight is 346 g/mol. The first-order valence-corrected chi connectivity index (χ1v) is 7.48. The zero-order valence-corrected chi connectivity index (χ0v) is 13.5. The largest absolute Gasteiger partial charge is 0.497 e. The molecule has 3 aromatic rings. The predicted octanol–water partition coefficient (Wildman–Crippen LogP) is 4.03. The summed E-state index contributed by atoms with van der Waals surface area (Å²) >= 11 is 3.55. The van der Waals surface area contributed by atoms with Crippen LogP contribution in [-0.4, -0.2) is 16.5 Å². The molecule has 0 aliphatic heterocycles. The molecule has 4 nitrogen and oxygen atoms in total. The van der Waals surface area contributed by atoms with E-state index in [2.05, 4.69) is 30.6 Å². The second kappa shape index (κ2) is 5.77. The van der Waals surface area contributed by atoms with E-state index in [1.54, 1.807) is 7.11 Å². The Morgan fingerprint density at radius 1 is 1.29 bits per heavy atom. The third-order valence-electron chi connectivity index (χ3n) is 3.45. The van der Waals surface area contributed by atoms with Crippen molar-refractivity contribution in [2.24, 2.45) is 0 Å². The highest BCUT2D eigenvalue weighted by molar-refractivity contribution is 9.10. The molecule has 108 valence electrons. The Hall–Kier alpha value is -2.01. The molecule has 1 aromatic carbocycles. The molecule has 0 amide bonds. The Bertz CT molecular complexity index is 782. The quantitative estimate of drug-likeness (QED) is 0.775. The molecule has 0 aliphatic carbocycles. The number of aromatic nitrogens is 2. The van der Waals surface area contributed by atoms with Gasteiger partial charge in [0, 0.05) is 16.7 Å². The van der Waals surface area contributed by atoms with E-state index in [4.69, 9.17) is 4.74 Å². The number of nitrogens with one attached hydrogen (secondary N) is 1. The van der Waals surface area contributed by atoms with Crippen molar-refractivity contribution in [3.8, 4) is 5.75 Å². The second-order valence-corrected chi connectivity index (χ2v) is 5.63. The number of aryl methyl sites for hydroxylation is 1. The van der Waals surface area contributed by atoms with Crippen molar-refractivity contribution < 1.29 is 4.74 Å². The lowest BCUT2D eigenvalue weighted by Gasteiger charge is -2.11. The SMILES string of the molecule is COc1ccc(Br)c(NCc2c(C)nc3ccccn23)c1. The summed E-state index contributed by atoms with van der Waals surface area (Å²) in [4.78, 5) is 4.57. The van der Waals surface area contributed by atoms with Crippen LogP contribution in [0.5, 0.6) is 5.75 Å². The maximum atomic E-state index is 5.26. The minimum atomic E-state index is 0.697. The molecule has 0 fully saturated rings. The summed E-state index contributed by atoms with van der Waals surface area (Å²) in [6, 6.07) is 11.9. The molecule has 0 radical (unpaired) electrons. The van der Waals surface area contributed by atoms with Gasteiger partial charge in [-0.25, -0.2) is 4.98 Å². The first-order chi connectivity index (χ1) is 10.2. The smallest absolute Gasteiger partial charge is 0.137 e. The van der Waals surface area contributed by atoms with Crippen LogP contribution in [0.1, 0.15) is 11.4 Å². The van der Waals surface area contributed by atoms with Crippen molar-refractivity contribution in [3.05, 3.63) is 58.5 Å². The van der Waals surface area contributed by atoms with Crippen molar-refractivity contribution in [2.75, 3.05) is 12.4 Å². The fourth-order valence-electron chi connectivity index (χ4n) is 2.32. The van der Waals surface area contributed by atoms with Crippen molar-refractivity contribution in [1.82, 2.24) is 9.38 Å². The van der Waals surface area contributed by atoms with Crippen LogP contribution >= 0.6 is 15.9 Å². The maximum absolute atomic E-state index is 5.26. The molecule has 0 unspecified atom stereocenters. The fourth-order valence-corrected chi connectivity index (χ4v) is 2.71. The molecule has 0 bridgehead atoms. The van der Waals surface area contributed by atoms with Gasteiger partial charge in [-0.1, -0.05) is 6.07 Å². The zero-order valence-electron chi connectivity index (χ0n) is 11.9. The van der Waals surface area contributed by atoms with Crippen LogP contribution in [0.3, 0.4) is 0 Å². The van der Waals surface area contributed by atoms with E-state index >= 15 is 0 Å². The number of halogens is 1. The lowest BCUT2D eigenvalue weighted by molar-refractivity contribution is 0.415. The van der Waals surface area contributed by atoms with Crippen LogP contribution in [0.15, 0.2) is 47.1 Å². The standard InChI is InChI=1S/C16H16BrN3O/c1-11-15(20-8-4-3-5-16(20)19-11)10-18-14-9-12(21-2)6-7-13(14)17/h3-9,18H,10H2,1-2H3. The highest BCUT2D eigenvalue weighted by Crippen LogP contribution is 2.27.